The second-order valence-electron chi connectivity index (χ2n) is 9.91. The summed E-state index contributed by atoms with van der Waals surface area (Å²) in [4.78, 5) is 15.4. The van der Waals surface area contributed by atoms with Gasteiger partial charge in [-0.15, -0.1) is 0 Å². The second-order valence-corrected chi connectivity index (χ2v) is 9.91. The van der Waals surface area contributed by atoms with Gasteiger partial charge in [0.1, 0.15) is 5.78 Å². The van der Waals surface area contributed by atoms with E-state index in [0.29, 0.717) is 25.2 Å². The third-order valence-corrected chi connectivity index (χ3v) is 8.38. The molecule has 5 nitrogen and oxygen atoms in total. The van der Waals surface area contributed by atoms with Crippen molar-refractivity contribution in [3.05, 3.63) is 59.2 Å². The summed E-state index contributed by atoms with van der Waals surface area (Å²) >= 11 is 0. The first-order valence-corrected chi connectivity index (χ1v) is 12.2. The van der Waals surface area contributed by atoms with Crippen LogP contribution < -0.4 is 9.47 Å². The number of hydrogen-bond acceptors (Lipinski definition) is 5. The second kappa shape index (κ2) is 8.77. The Labute approximate surface area is 197 Å². The molecule has 2 fully saturated rings. The molecule has 0 spiro atoms. The maximum Gasteiger partial charge on any atom is 0.164 e. The average molecular weight is 450 g/mol. The highest BCUT2D eigenvalue weighted by molar-refractivity contribution is 5.83. The maximum atomic E-state index is 13.0. The zero-order valence-electron chi connectivity index (χ0n) is 20.1. The van der Waals surface area contributed by atoms with Gasteiger partial charge >= 0.3 is 0 Å². The minimum atomic E-state index is -0.392. The van der Waals surface area contributed by atoms with E-state index in [1.165, 1.54) is 11.1 Å². The lowest BCUT2D eigenvalue weighted by Crippen LogP contribution is -2.73. The minimum absolute atomic E-state index is 0.252. The average Bonchev–Trinajstić information content (AvgIpc) is 2.84. The lowest BCUT2D eigenvalue weighted by atomic mass is 9.49. The molecule has 176 valence electrons. The molecule has 2 aliphatic carbocycles. The number of ether oxygens (including phenoxy) is 3. The van der Waals surface area contributed by atoms with Crippen LogP contribution in [0.2, 0.25) is 0 Å². The Kier molecular flexibility index (Phi) is 5.96. The lowest BCUT2D eigenvalue weighted by molar-refractivity contribution is -0.197. The highest BCUT2D eigenvalue weighted by atomic mass is 16.5. The van der Waals surface area contributed by atoms with E-state index in [9.17, 15) is 4.79 Å². The van der Waals surface area contributed by atoms with E-state index >= 15 is 0 Å². The van der Waals surface area contributed by atoms with Crippen molar-refractivity contribution in [2.75, 3.05) is 34.4 Å². The monoisotopic (exact) mass is 449 g/mol. The molecule has 1 unspecified atom stereocenters. The summed E-state index contributed by atoms with van der Waals surface area (Å²) in [5, 5.41) is 0. The van der Waals surface area contributed by atoms with Crippen molar-refractivity contribution in [2.24, 2.45) is 0 Å². The Hall–Kier alpha value is -2.37. The number of benzene rings is 2. The Morgan fingerprint density at radius 3 is 2.64 bits per heavy atom. The van der Waals surface area contributed by atoms with E-state index in [4.69, 9.17) is 14.2 Å². The highest BCUT2D eigenvalue weighted by Crippen LogP contribution is 2.62. The molecule has 1 heterocycles. The van der Waals surface area contributed by atoms with Crippen LogP contribution in [0, 0.1) is 0 Å². The fraction of sp³-hybridized carbons (Fsp3) is 0.536. The van der Waals surface area contributed by atoms with Crippen LogP contribution in [0.1, 0.15) is 48.8 Å². The SMILES string of the molecule is COc1ccc2c(c1OC)[C@]13CCN(C)C(C2)[C@]1(OCCCc1ccccc1)CCC(=O)C3. The Morgan fingerprint density at radius 2 is 1.88 bits per heavy atom. The van der Waals surface area contributed by atoms with Crippen LogP contribution in [0.15, 0.2) is 42.5 Å². The minimum Gasteiger partial charge on any atom is -0.493 e. The fourth-order valence-corrected chi connectivity index (χ4v) is 6.90. The van der Waals surface area contributed by atoms with Gasteiger partial charge in [-0.2, -0.15) is 0 Å². The van der Waals surface area contributed by atoms with E-state index < -0.39 is 5.60 Å². The fourth-order valence-electron chi connectivity index (χ4n) is 6.90. The summed E-state index contributed by atoms with van der Waals surface area (Å²) in [5.74, 6) is 1.85. The normalized spacial score (nSPS) is 28.7. The van der Waals surface area contributed by atoms with Crippen LogP contribution in [-0.2, 0) is 27.8 Å². The smallest absolute Gasteiger partial charge is 0.164 e. The van der Waals surface area contributed by atoms with Crippen LogP contribution in [0.25, 0.3) is 0 Å². The van der Waals surface area contributed by atoms with Crippen molar-refractivity contribution in [3.8, 4) is 11.5 Å². The number of nitrogens with zero attached hydrogens (tertiary/aromatic N) is 1. The highest BCUT2D eigenvalue weighted by Gasteiger charge is 2.66. The number of carbonyl (C=O) groups is 1. The van der Waals surface area contributed by atoms with Crippen molar-refractivity contribution in [1.82, 2.24) is 4.90 Å². The van der Waals surface area contributed by atoms with Crippen LogP contribution >= 0.6 is 0 Å². The van der Waals surface area contributed by atoms with Crippen molar-refractivity contribution >= 4 is 5.78 Å². The summed E-state index contributed by atoms with van der Waals surface area (Å²) in [6.45, 7) is 1.64. The van der Waals surface area contributed by atoms with Gasteiger partial charge in [-0.3, -0.25) is 4.79 Å². The summed E-state index contributed by atoms with van der Waals surface area (Å²) in [5.41, 5.74) is 2.99. The molecular weight excluding hydrogens is 414 g/mol. The van der Waals surface area contributed by atoms with E-state index in [1.807, 2.05) is 6.07 Å². The molecule has 0 radical (unpaired) electrons. The first-order valence-electron chi connectivity index (χ1n) is 12.2. The summed E-state index contributed by atoms with van der Waals surface area (Å²) in [6, 6.07) is 15.0. The molecule has 2 bridgehead atoms. The van der Waals surface area contributed by atoms with Gasteiger partial charge in [0.25, 0.3) is 0 Å². The van der Waals surface area contributed by atoms with Crippen molar-refractivity contribution in [3.63, 3.8) is 0 Å². The van der Waals surface area contributed by atoms with Gasteiger partial charge in [-0.25, -0.2) is 0 Å². The number of piperidine rings is 1. The van der Waals surface area contributed by atoms with Crippen molar-refractivity contribution < 1.29 is 19.0 Å². The van der Waals surface area contributed by atoms with Gasteiger partial charge in [0.15, 0.2) is 11.5 Å². The predicted molar refractivity (Wildman–Crippen MR) is 128 cm³/mol. The summed E-state index contributed by atoms with van der Waals surface area (Å²) in [6.07, 6.45) is 5.64. The molecule has 1 saturated heterocycles. The third kappa shape index (κ3) is 3.48. The number of hydrogen-bond donors (Lipinski definition) is 0. The number of methoxy groups -OCH3 is 2. The molecule has 3 aliphatic rings. The number of rotatable bonds is 7. The topological polar surface area (TPSA) is 48.0 Å². The molecule has 1 saturated carbocycles. The van der Waals surface area contributed by atoms with E-state index in [-0.39, 0.29) is 11.5 Å². The van der Waals surface area contributed by atoms with Crippen molar-refractivity contribution in [2.45, 2.75) is 62.0 Å². The number of ketones is 1. The van der Waals surface area contributed by atoms with E-state index in [1.54, 1.807) is 14.2 Å². The molecule has 2 aromatic carbocycles. The zero-order chi connectivity index (χ0) is 23.1. The van der Waals surface area contributed by atoms with Crippen LogP contribution in [0.5, 0.6) is 11.5 Å². The van der Waals surface area contributed by atoms with Gasteiger partial charge in [-0.05, 0) is 62.9 Å². The number of likely N-dealkylation sites (tertiary alicyclic amines) is 1. The van der Waals surface area contributed by atoms with Crippen molar-refractivity contribution in [1.29, 1.82) is 0 Å². The Balaban J connectivity index is 1.55. The van der Waals surface area contributed by atoms with E-state index in [2.05, 4.69) is 48.3 Å². The molecule has 3 atom stereocenters. The Bertz CT molecular complexity index is 1020. The van der Waals surface area contributed by atoms with E-state index in [0.717, 1.165) is 55.7 Å². The number of aryl methyl sites for hydroxylation is 1. The van der Waals surface area contributed by atoms with Gasteiger partial charge in [0, 0.05) is 36.5 Å². The third-order valence-electron chi connectivity index (χ3n) is 8.38. The van der Waals surface area contributed by atoms with Gasteiger partial charge in [0.2, 0.25) is 0 Å². The number of carbonyl (C=O) groups excluding carboxylic acids is 1. The standard InChI is InChI=1S/C28H35NO4/c1-29-16-15-27-19-22(30)13-14-28(27,33-17-7-10-20-8-5-4-6-9-20)24(29)18-21-11-12-23(31-2)26(32-3)25(21)27/h4-6,8-9,11-12,24H,7,10,13-19H2,1-3H3/t24?,27-,28-/m1/s1. The number of Topliss-reactive ketones (excluding diaryl/α,β-unsaturated/α-hetero) is 1. The number of fused-ring (bicyclic) bond motifs is 1. The van der Waals surface area contributed by atoms with Crippen LogP contribution in [-0.4, -0.2) is 56.7 Å². The summed E-state index contributed by atoms with van der Waals surface area (Å²) < 4.78 is 18.7. The van der Waals surface area contributed by atoms with Gasteiger partial charge in [0.05, 0.1) is 19.8 Å². The molecule has 2 aromatic rings. The molecule has 5 rings (SSSR count). The number of likely N-dealkylation sites (N-methyl/N-ethyl adjacent to an activating group) is 1. The van der Waals surface area contributed by atoms with Crippen LogP contribution in [0.4, 0.5) is 0 Å². The zero-order valence-corrected chi connectivity index (χ0v) is 20.1. The first kappa shape index (κ1) is 22.4. The van der Waals surface area contributed by atoms with Crippen LogP contribution in [0.3, 0.4) is 0 Å². The molecule has 0 N–H and O–H groups in total. The molecule has 0 amide bonds. The summed E-state index contributed by atoms with van der Waals surface area (Å²) in [7, 11) is 5.61. The molecule has 5 heteroatoms. The lowest BCUT2D eigenvalue weighted by Gasteiger charge is -2.64. The van der Waals surface area contributed by atoms with Gasteiger partial charge in [-0.1, -0.05) is 36.4 Å². The largest absolute Gasteiger partial charge is 0.493 e. The maximum absolute atomic E-state index is 13.0. The van der Waals surface area contributed by atoms with Gasteiger partial charge < -0.3 is 19.1 Å². The quantitative estimate of drug-likeness (QED) is 0.589. The predicted octanol–water partition coefficient (Wildman–Crippen LogP) is 4.34. The first-order chi connectivity index (χ1) is 16.0. The Morgan fingerprint density at radius 1 is 1.06 bits per heavy atom. The molecule has 0 aromatic heterocycles. The molecular formula is C28H35NO4. The molecule has 1 aliphatic heterocycles. The molecule has 33 heavy (non-hydrogen) atoms.